The Balaban J connectivity index is 3.14. The lowest BCUT2D eigenvalue weighted by Crippen LogP contribution is -2.30. The van der Waals surface area contributed by atoms with Crippen LogP contribution in [0, 0.1) is 10.1 Å². The summed E-state index contributed by atoms with van der Waals surface area (Å²) in [5.41, 5.74) is 0.0482. The molecule has 6 nitrogen and oxygen atoms in total. The summed E-state index contributed by atoms with van der Waals surface area (Å²) in [6.45, 7) is 5.80. The Hall–Kier alpha value is -2.11. The zero-order valence-corrected chi connectivity index (χ0v) is 10.6. The average molecular weight is 252 g/mol. The van der Waals surface area contributed by atoms with E-state index in [1.165, 1.54) is 18.2 Å². The standard InChI is InChI=1S/C12H16N2O4/c1-4-18-11-6-5-9(14(16)17)7-10(11)12(15)13-8(2)3/h5-8H,4H2,1-3H3,(H,13,15). The van der Waals surface area contributed by atoms with Gasteiger partial charge in [-0.25, -0.2) is 0 Å². The molecule has 1 aromatic rings. The van der Waals surface area contributed by atoms with Gasteiger partial charge in [0.05, 0.1) is 17.1 Å². The molecule has 0 unspecified atom stereocenters. The highest BCUT2D eigenvalue weighted by Gasteiger charge is 2.18. The Kier molecular flexibility index (Phi) is 4.65. The van der Waals surface area contributed by atoms with Gasteiger partial charge in [0, 0.05) is 18.2 Å². The van der Waals surface area contributed by atoms with Crippen molar-refractivity contribution in [3.8, 4) is 5.75 Å². The molecule has 0 aromatic heterocycles. The zero-order valence-electron chi connectivity index (χ0n) is 10.6. The fourth-order valence-electron chi connectivity index (χ4n) is 1.43. The lowest BCUT2D eigenvalue weighted by Gasteiger charge is -2.12. The van der Waals surface area contributed by atoms with Gasteiger partial charge in [0.2, 0.25) is 0 Å². The molecule has 0 fully saturated rings. The maximum absolute atomic E-state index is 11.9. The molecule has 1 aromatic carbocycles. The molecular weight excluding hydrogens is 236 g/mol. The predicted octanol–water partition coefficient (Wildman–Crippen LogP) is 2.13. The highest BCUT2D eigenvalue weighted by atomic mass is 16.6. The summed E-state index contributed by atoms with van der Waals surface area (Å²) in [5.74, 6) is -0.0293. The van der Waals surface area contributed by atoms with Gasteiger partial charge < -0.3 is 10.1 Å². The molecule has 0 aliphatic rings. The summed E-state index contributed by atoms with van der Waals surface area (Å²) in [6, 6.07) is 3.93. The molecule has 0 saturated heterocycles. The summed E-state index contributed by atoms with van der Waals surface area (Å²) >= 11 is 0. The molecule has 0 radical (unpaired) electrons. The van der Waals surface area contributed by atoms with Gasteiger partial charge in [0.1, 0.15) is 5.75 Å². The molecule has 0 atom stereocenters. The SMILES string of the molecule is CCOc1ccc([N+](=O)[O-])cc1C(=O)NC(C)C. The van der Waals surface area contributed by atoms with Crippen molar-refractivity contribution < 1.29 is 14.5 Å². The number of non-ortho nitro benzene ring substituents is 1. The summed E-state index contributed by atoms with van der Waals surface area (Å²) in [4.78, 5) is 22.1. The minimum Gasteiger partial charge on any atom is -0.493 e. The molecule has 1 N–H and O–H groups in total. The first-order valence-corrected chi connectivity index (χ1v) is 5.67. The van der Waals surface area contributed by atoms with Crippen molar-refractivity contribution in [3.05, 3.63) is 33.9 Å². The summed E-state index contributed by atoms with van der Waals surface area (Å²) < 4.78 is 5.29. The normalized spacial score (nSPS) is 10.2. The van der Waals surface area contributed by atoms with E-state index in [1.807, 2.05) is 13.8 Å². The third-order valence-electron chi connectivity index (χ3n) is 2.14. The van der Waals surface area contributed by atoms with E-state index in [0.29, 0.717) is 12.4 Å². The van der Waals surface area contributed by atoms with Crippen molar-refractivity contribution in [3.63, 3.8) is 0 Å². The Morgan fingerprint density at radius 1 is 1.50 bits per heavy atom. The van der Waals surface area contributed by atoms with Crippen LogP contribution in [0.3, 0.4) is 0 Å². The second-order valence-electron chi connectivity index (χ2n) is 4.00. The van der Waals surface area contributed by atoms with Crippen molar-refractivity contribution in [1.29, 1.82) is 0 Å². The molecule has 0 spiro atoms. The van der Waals surface area contributed by atoms with Gasteiger partial charge in [0.15, 0.2) is 0 Å². The van der Waals surface area contributed by atoms with Crippen LogP contribution < -0.4 is 10.1 Å². The molecule has 18 heavy (non-hydrogen) atoms. The lowest BCUT2D eigenvalue weighted by atomic mass is 10.1. The third kappa shape index (κ3) is 3.44. The monoisotopic (exact) mass is 252 g/mol. The molecule has 0 bridgehead atoms. The number of nitrogens with zero attached hydrogens (tertiary/aromatic N) is 1. The minimum atomic E-state index is -0.540. The Morgan fingerprint density at radius 2 is 2.17 bits per heavy atom. The van der Waals surface area contributed by atoms with Crippen LogP contribution in [0.1, 0.15) is 31.1 Å². The number of carbonyl (C=O) groups excluding carboxylic acids is 1. The Morgan fingerprint density at radius 3 is 2.67 bits per heavy atom. The molecule has 1 rings (SSSR count). The number of rotatable bonds is 5. The average Bonchev–Trinajstić information content (AvgIpc) is 2.28. The van der Waals surface area contributed by atoms with Gasteiger partial charge in [-0.15, -0.1) is 0 Å². The summed E-state index contributed by atoms with van der Waals surface area (Å²) in [7, 11) is 0. The molecule has 0 aliphatic carbocycles. The topological polar surface area (TPSA) is 81.5 Å². The number of nitro benzene ring substituents is 1. The number of hydrogen-bond acceptors (Lipinski definition) is 4. The maximum atomic E-state index is 11.9. The van der Waals surface area contributed by atoms with Gasteiger partial charge in [-0.2, -0.15) is 0 Å². The summed E-state index contributed by atoms with van der Waals surface area (Å²) in [5, 5.41) is 13.4. The molecule has 0 heterocycles. The highest BCUT2D eigenvalue weighted by Crippen LogP contribution is 2.24. The predicted molar refractivity (Wildman–Crippen MR) is 66.9 cm³/mol. The fourth-order valence-corrected chi connectivity index (χ4v) is 1.43. The van der Waals surface area contributed by atoms with Crippen molar-refractivity contribution in [2.75, 3.05) is 6.61 Å². The van der Waals surface area contributed by atoms with E-state index < -0.39 is 4.92 Å². The number of benzene rings is 1. The third-order valence-corrected chi connectivity index (χ3v) is 2.14. The van der Waals surface area contributed by atoms with E-state index in [9.17, 15) is 14.9 Å². The van der Waals surface area contributed by atoms with E-state index in [4.69, 9.17) is 4.74 Å². The smallest absolute Gasteiger partial charge is 0.270 e. The molecular formula is C12H16N2O4. The van der Waals surface area contributed by atoms with Crippen LogP contribution in [0.2, 0.25) is 0 Å². The van der Waals surface area contributed by atoms with Crippen LogP contribution in [0.25, 0.3) is 0 Å². The second kappa shape index (κ2) is 6.00. The van der Waals surface area contributed by atoms with Crippen LogP contribution in [0.15, 0.2) is 18.2 Å². The first-order valence-electron chi connectivity index (χ1n) is 5.67. The van der Waals surface area contributed by atoms with Crippen LogP contribution in [0.4, 0.5) is 5.69 Å². The van der Waals surface area contributed by atoms with E-state index in [0.717, 1.165) is 0 Å². The minimum absolute atomic E-state index is 0.0498. The summed E-state index contributed by atoms with van der Waals surface area (Å²) in [6.07, 6.45) is 0. The van der Waals surface area contributed by atoms with Crippen LogP contribution >= 0.6 is 0 Å². The van der Waals surface area contributed by atoms with E-state index in [-0.39, 0.29) is 23.2 Å². The second-order valence-corrected chi connectivity index (χ2v) is 4.00. The first kappa shape index (κ1) is 14.0. The van der Waals surface area contributed by atoms with Gasteiger partial charge >= 0.3 is 0 Å². The molecule has 1 amide bonds. The van der Waals surface area contributed by atoms with Crippen LogP contribution in [0.5, 0.6) is 5.75 Å². The van der Waals surface area contributed by atoms with Gasteiger partial charge in [-0.3, -0.25) is 14.9 Å². The van der Waals surface area contributed by atoms with Gasteiger partial charge in [-0.05, 0) is 26.8 Å². The maximum Gasteiger partial charge on any atom is 0.270 e. The zero-order chi connectivity index (χ0) is 13.7. The highest BCUT2D eigenvalue weighted by molar-refractivity contribution is 5.97. The van der Waals surface area contributed by atoms with Crippen molar-refractivity contribution >= 4 is 11.6 Å². The van der Waals surface area contributed by atoms with E-state index in [1.54, 1.807) is 6.92 Å². The van der Waals surface area contributed by atoms with E-state index in [2.05, 4.69) is 5.32 Å². The molecule has 6 heteroatoms. The van der Waals surface area contributed by atoms with Crippen molar-refractivity contribution in [2.45, 2.75) is 26.8 Å². The Bertz CT molecular complexity index is 457. The quantitative estimate of drug-likeness (QED) is 0.643. The Labute approximate surface area is 105 Å². The van der Waals surface area contributed by atoms with Gasteiger partial charge in [-0.1, -0.05) is 0 Å². The number of carbonyl (C=O) groups is 1. The number of ether oxygens (including phenoxy) is 1. The van der Waals surface area contributed by atoms with Crippen molar-refractivity contribution in [1.82, 2.24) is 5.32 Å². The lowest BCUT2D eigenvalue weighted by molar-refractivity contribution is -0.384. The van der Waals surface area contributed by atoms with Crippen molar-refractivity contribution in [2.24, 2.45) is 0 Å². The molecule has 0 saturated carbocycles. The number of nitro groups is 1. The van der Waals surface area contributed by atoms with Crippen LogP contribution in [-0.4, -0.2) is 23.5 Å². The van der Waals surface area contributed by atoms with E-state index >= 15 is 0 Å². The largest absolute Gasteiger partial charge is 0.493 e. The molecule has 0 aliphatic heterocycles. The van der Waals surface area contributed by atoms with Gasteiger partial charge in [0.25, 0.3) is 11.6 Å². The fraction of sp³-hybridized carbons (Fsp3) is 0.417. The number of amides is 1. The number of nitrogens with one attached hydrogen (secondary N) is 1. The molecule has 98 valence electrons. The first-order chi connectivity index (χ1) is 8.45. The number of hydrogen-bond donors (Lipinski definition) is 1. The van der Waals surface area contributed by atoms with Crippen LogP contribution in [-0.2, 0) is 0 Å².